The van der Waals surface area contributed by atoms with Crippen molar-refractivity contribution < 1.29 is 0 Å². The smallest absolute Gasteiger partial charge is 0.264 e. The maximum Gasteiger partial charge on any atom is 0.264 e. The number of fused-ring (bicyclic) bond motifs is 6. The lowest BCUT2D eigenvalue weighted by atomic mass is 9.59. The molecule has 0 atom stereocenters. The van der Waals surface area contributed by atoms with E-state index in [2.05, 4.69) is 116 Å². The second-order valence-corrected chi connectivity index (χ2v) is 17.5. The maximum atomic E-state index is 5.29. The van der Waals surface area contributed by atoms with Gasteiger partial charge in [0.25, 0.3) is 8.40 Å². The summed E-state index contributed by atoms with van der Waals surface area (Å²) in [4.78, 5) is 10.5. The minimum Gasteiger partial charge on any atom is -0.368 e. The molecule has 1 aliphatic heterocycles. The maximum absolute atomic E-state index is 5.29. The Labute approximate surface area is 200 Å². The van der Waals surface area contributed by atoms with E-state index in [-0.39, 0.29) is 21.7 Å². The van der Waals surface area contributed by atoms with Gasteiger partial charge < -0.3 is 8.80 Å². The molecule has 0 radical (unpaired) electrons. The van der Waals surface area contributed by atoms with Gasteiger partial charge in [-0.15, -0.1) is 0 Å². The zero-order valence-corrected chi connectivity index (χ0v) is 23.6. The summed E-state index contributed by atoms with van der Waals surface area (Å²) in [5, 5.41) is 0. The number of benzene rings is 1. The minimum atomic E-state index is -2.09. The summed E-state index contributed by atoms with van der Waals surface area (Å²) >= 11 is 0. The lowest BCUT2D eigenvalue weighted by molar-refractivity contribution is 0.125. The zero-order valence-electron chi connectivity index (χ0n) is 22.6. The monoisotopic (exact) mass is 460 g/mol. The first-order valence-corrected chi connectivity index (χ1v) is 15.2. The third-order valence-corrected chi connectivity index (χ3v) is 13.2. The molecule has 0 spiro atoms. The van der Waals surface area contributed by atoms with Crippen LogP contribution in [0.15, 0.2) is 24.3 Å². The molecule has 4 nitrogen and oxygen atoms in total. The highest BCUT2D eigenvalue weighted by atomic mass is 28.3. The molecule has 5 heteroatoms. The topological polar surface area (TPSA) is 34.0 Å². The van der Waals surface area contributed by atoms with E-state index in [0.717, 1.165) is 28.4 Å². The average molecular weight is 461 g/mol. The van der Waals surface area contributed by atoms with Crippen LogP contribution in [0.25, 0.3) is 22.4 Å². The third-order valence-electron chi connectivity index (χ3n) is 9.84. The number of pyridine rings is 1. The van der Waals surface area contributed by atoms with Crippen molar-refractivity contribution in [2.45, 2.75) is 91.7 Å². The molecule has 2 aromatic heterocycles. The van der Waals surface area contributed by atoms with Crippen molar-refractivity contribution in [3.63, 3.8) is 0 Å². The van der Waals surface area contributed by atoms with Crippen LogP contribution >= 0.6 is 0 Å². The van der Waals surface area contributed by atoms with Crippen LogP contribution in [-0.2, 0) is 16.2 Å². The molecule has 0 saturated carbocycles. The number of rotatable bonds is 0. The summed E-state index contributed by atoms with van der Waals surface area (Å²) in [7, 11) is 0.140. The van der Waals surface area contributed by atoms with E-state index in [9.17, 15) is 0 Å². The first-order valence-electron chi connectivity index (χ1n) is 12.3. The zero-order chi connectivity index (χ0) is 24.5. The lowest BCUT2D eigenvalue weighted by Gasteiger charge is -2.44. The van der Waals surface area contributed by atoms with Gasteiger partial charge >= 0.3 is 0 Å². The van der Waals surface area contributed by atoms with E-state index in [1.54, 1.807) is 0 Å². The van der Waals surface area contributed by atoms with Crippen molar-refractivity contribution in [2.24, 2.45) is 5.41 Å². The normalized spacial score (nSPS) is 21.6. The van der Waals surface area contributed by atoms with Crippen LogP contribution in [0, 0.1) is 5.41 Å². The van der Waals surface area contributed by atoms with Gasteiger partial charge in [0, 0.05) is 18.2 Å². The highest BCUT2D eigenvalue weighted by molar-refractivity contribution is 6.81. The van der Waals surface area contributed by atoms with Gasteiger partial charge in [0.1, 0.15) is 11.6 Å². The third kappa shape index (κ3) is 2.57. The van der Waals surface area contributed by atoms with Gasteiger partial charge in [-0.05, 0) is 64.7 Å². The van der Waals surface area contributed by atoms with E-state index >= 15 is 0 Å². The fraction of sp³-hybridized carbons (Fsp3) is 0.571. The second kappa shape index (κ2) is 6.10. The Kier molecular flexibility index (Phi) is 4.18. The Morgan fingerprint density at radius 3 is 2.00 bits per heavy atom. The largest absolute Gasteiger partial charge is 0.368 e. The molecule has 33 heavy (non-hydrogen) atoms. The molecule has 1 aromatic carbocycles. The fourth-order valence-electron chi connectivity index (χ4n) is 6.05. The molecular formula is C28H40N4Si. The number of anilines is 1. The Bertz CT molecular complexity index is 1320. The Balaban J connectivity index is 1.84. The molecule has 3 aromatic rings. The number of aromatic nitrogens is 3. The van der Waals surface area contributed by atoms with Crippen molar-refractivity contribution in [2.75, 3.05) is 11.6 Å². The van der Waals surface area contributed by atoms with Crippen LogP contribution in [0.2, 0.25) is 13.1 Å². The highest BCUT2D eigenvalue weighted by Crippen LogP contribution is 2.62. The summed E-state index contributed by atoms with van der Waals surface area (Å²) < 4.78 is 5.02. The second-order valence-electron chi connectivity index (χ2n) is 13.4. The summed E-state index contributed by atoms with van der Waals surface area (Å²) in [5.41, 5.74) is 7.93. The summed E-state index contributed by atoms with van der Waals surface area (Å²) in [6.45, 7) is 26.0. The molecule has 0 fully saturated rings. The van der Waals surface area contributed by atoms with Crippen LogP contribution in [-0.4, -0.2) is 29.6 Å². The molecule has 0 saturated heterocycles. The average Bonchev–Trinajstić information content (AvgIpc) is 3.13. The van der Waals surface area contributed by atoms with Gasteiger partial charge in [-0.3, -0.25) is 0 Å². The van der Waals surface area contributed by atoms with Crippen LogP contribution in [0.5, 0.6) is 0 Å². The van der Waals surface area contributed by atoms with Gasteiger partial charge in [0.05, 0.1) is 16.6 Å². The van der Waals surface area contributed by atoms with Crippen molar-refractivity contribution >= 4 is 25.2 Å². The predicted octanol–water partition coefficient (Wildman–Crippen LogP) is 6.99. The molecule has 0 unspecified atom stereocenters. The van der Waals surface area contributed by atoms with Crippen molar-refractivity contribution in [3.8, 4) is 11.4 Å². The van der Waals surface area contributed by atoms with E-state index in [1.807, 2.05) is 0 Å². The summed E-state index contributed by atoms with van der Waals surface area (Å²) in [6.07, 6.45) is 0. The molecule has 176 valence electrons. The van der Waals surface area contributed by atoms with Crippen molar-refractivity contribution in [1.29, 1.82) is 0 Å². The number of nitrogens with zero attached hydrogens (tertiary/aromatic N) is 4. The molecule has 1 aliphatic carbocycles. The van der Waals surface area contributed by atoms with Crippen LogP contribution < -0.4 is 4.57 Å². The molecule has 2 aliphatic rings. The molecule has 0 N–H and O–H groups in total. The van der Waals surface area contributed by atoms with Gasteiger partial charge in [0.15, 0.2) is 0 Å². The van der Waals surface area contributed by atoms with Crippen LogP contribution in [0.3, 0.4) is 0 Å². The minimum absolute atomic E-state index is 0.0178. The number of hydrogen-bond acceptors (Lipinski definition) is 3. The quantitative estimate of drug-likeness (QED) is 0.339. The molecule has 0 bridgehead atoms. The summed E-state index contributed by atoms with van der Waals surface area (Å²) in [5.74, 6) is 2.16. The standard InChI is InChI=1S/C28H40N4Si/c1-25(2,3)22-14-13-17-23(30-22)31(10)33(11,12)32-21-16-19-18(15-20(21)29-24(17)32)26(4,5)28(8,9)27(19,6)7/h13-16H,1-12H3. The van der Waals surface area contributed by atoms with Gasteiger partial charge in [-0.25, -0.2) is 9.97 Å². The highest BCUT2D eigenvalue weighted by Gasteiger charge is 2.57. The van der Waals surface area contributed by atoms with Crippen molar-refractivity contribution in [3.05, 3.63) is 41.1 Å². The number of hydrogen-bond donors (Lipinski definition) is 0. The van der Waals surface area contributed by atoms with E-state index < -0.39 is 8.40 Å². The van der Waals surface area contributed by atoms with Crippen LogP contribution in [0.1, 0.15) is 79.1 Å². The Hall–Kier alpha value is -2.14. The lowest BCUT2D eigenvalue weighted by Crippen LogP contribution is -2.56. The Morgan fingerprint density at radius 1 is 0.848 bits per heavy atom. The SMILES string of the molecule is CN1c2nc(C(C)(C)C)ccc2-c2nc3cc4c(cc3n2[Si]1(C)C)C(C)(C)C(C)(C)C4(C)C. The van der Waals surface area contributed by atoms with E-state index in [4.69, 9.17) is 9.97 Å². The summed E-state index contributed by atoms with van der Waals surface area (Å²) in [6, 6.07) is 9.30. The van der Waals surface area contributed by atoms with Gasteiger partial charge in [-0.2, -0.15) is 0 Å². The predicted molar refractivity (Wildman–Crippen MR) is 143 cm³/mol. The fourth-order valence-corrected chi connectivity index (χ4v) is 8.50. The molecule has 5 rings (SSSR count). The molecular weight excluding hydrogens is 420 g/mol. The van der Waals surface area contributed by atoms with Crippen molar-refractivity contribution in [1.82, 2.24) is 14.2 Å². The molecule has 3 heterocycles. The van der Waals surface area contributed by atoms with Crippen LogP contribution in [0.4, 0.5) is 5.82 Å². The number of imidazole rings is 1. The van der Waals surface area contributed by atoms with E-state index in [1.165, 1.54) is 16.6 Å². The first kappa shape index (κ1) is 22.6. The van der Waals surface area contributed by atoms with Gasteiger partial charge in [0.2, 0.25) is 0 Å². The Morgan fingerprint density at radius 2 is 1.42 bits per heavy atom. The van der Waals surface area contributed by atoms with E-state index in [0.29, 0.717) is 0 Å². The first-order chi connectivity index (χ1) is 14.9. The molecule has 0 amide bonds. The van der Waals surface area contributed by atoms with Gasteiger partial charge in [-0.1, -0.05) is 62.3 Å².